The standard InChI is InChI=1S/C18H15IO2/c19-17-10-13(11-20)8-9-18(17)21-12-15-6-3-5-14-4-1-2-7-16(14)15/h1-10,20H,11-12H2. The molecule has 3 aromatic rings. The summed E-state index contributed by atoms with van der Waals surface area (Å²) in [7, 11) is 0. The Balaban J connectivity index is 1.84. The Hall–Kier alpha value is -1.59. The van der Waals surface area contributed by atoms with Crippen LogP contribution >= 0.6 is 22.6 Å². The van der Waals surface area contributed by atoms with Gasteiger partial charge in [-0.15, -0.1) is 0 Å². The molecule has 0 spiro atoms. The molecule has 0 aliphatic rings. The Morgan fingerprint density at radius 3 is 2.57 bits per heavy atom. The van der Waals surface area contributed by atoms with Crippen molar-refractivity contribution in [2.45, 2.75) is 13.2 Å². The molecule has 106 valence electrons. The molecule has 0 saturated carbocycles. The van der Waals surface area contributed by atoms with Gasteiger partial charge in [0.15, 0.2) is 0 Å². The number of hydrogen-bond donors (Lipinski definition) is 1. The summed E-state index contributed by atoms with van der Waals surface area (Å²) in [4.78, 5) is 0. The van der Waals surface area contributed by atoms with E-state index in [0.717, 1.165) is 14.9 Å². The Morgan fingerprint density at radius 1 is 0.952 bits per heavy atom. The fraction of sp³-hybridized carbons (Fsp3) is 0.111. The van der Waals surface area contributed by atoms with Gasteiger partial charge in [0, 0.05) is 0 Å². The molecule has 0 fully saturated rings. The number of rotatable bonds is 4. The highest BCUT2D eigenvalue weighted by molar-refractivity contribution is 14.1. The molecule has 0 bridgehead atoms. The number of halogens is 1. The summed E-state index contributed by atoms with van der Waals surface area (Å²) in [6.45, 7) is 0.593. The van der Waals surface area contributed by atoms with Crippen molar-refractivity contribution < 1.29 is 9.84 Å². The monoisotopic (exact) mass is 390 g/mol. The minimum atomic E-state index is 0.0552. The van der Waals surface area contributed by atoms with Crippen LogP contribution in [-0.4, -0.2) is 5.11 Å². The Kier molecular flexibility index (Phi) is 4.41. The maximum Gasteiger partial charge on any atom is 0.133 e. The number of benzene rings is 3. The summed E-state index contributed by atoms with van der Waals surface area (Å²) in [6.07, 6.45) is 0. The van der Waals surface area contributed by atoms with Gasteiger partial charge in [0.1, 0.15) is 12.4 Å². The van der Waals surface area contributed by atoms with Crippen molar-refractivity contribution in [2.75, 3.05) is 0 Å². The van der Waals surface area contributed by atoms with E-state index in [-0.39, 0.29) is 6.61 Å². The molecule has 0 aromatic heterocycles. The fourth-order valence-electron chi connectivity index (χ4n) is 2.33. The molecule has 1 N–H and O–H groups in total. The van der Waals surface area contributed by atoms with Crippen molar-refractivity contribution in [3.63, 3.8) is 0 Å². The summed E-state index contributed by atoms with van der Waals surface area (Å²) in [5, 5.41) is 11.6. The molecule has 3 rings (SSSR count). The number of fused-ring (bicyclic) bond motifs is 1. The molecule has 3 aromatic carbocycles. The largest absolute Gasteiger partial charge is 0.488 e. The lowest BCUT2D eigenvalue weighted by atomic mass is 10.1. The van der Waals surface area contributed by atoms with Crippen molar-refractivity contribution in [1.82, 2.24) is 0 Å². The van der Waals surface area contributed by atoms with Gasteiger partial charge in [0.25, 0.3) is 0 Å². The van der Waals surface area contributed by atoms with Crippen molar-refractivity contribution in [1.29, 1.82) is 0 Å². The number of aliphatic hydroxyl groups is 1. The average Bonchev–Trinajstić information content (AvgIpc) is 2.53. The lowest BCUT2D eigenvalue weighted by molar-refractivity contribution is 0.280. The summed E-state index contributed by atoms with van der Waals surface area (Å²) in [6, 6.07) is 20.3. The van der Waals surface area contributed by atoms with Crippen LogP contribution in [0.2, 0.25) is 0 Å². The van der Waals surface area contributed by atoms with E-state index < -0.39 is 0 Å². The molecule has 0 amide bonds. The van der Waals surface area contributed by atoms with Crippen molar-refractivity contribution in [3.8, 4) is 5.75 Å². The summed E-state index contributed by atoms with van der Waals surface area (Å²) >= 11 is 2.23. The normalized spacial score (nSPS) is 10.8. The van der Waals surface area contributed by atoms with E-state index in [1.54, 1.807) is 0 Å². The highest BCUT2D eigenvalue weighted by Crippen LogP contribution is 2.25. The first-order valence-electron chi connectivity index (χ1n) is 6.76. The maximum absolute atomic E-state index is 9.14. The van der Waals surface area contributed by atoms with Crippen LogP contribution in [-0.2, 0) is 13.2 Å². The smallest absolute Gasteiger partial charge is 0.133 e. The lowest BCUT2D eigenvalue weighted by Gasteiger charge is -2.11. The fourth-order valence-corrected chi connectivity index (χ4v) is 3.07. The number of hydrogen-bond acceptors (Lipinski definition) is 2. The van der Waals surface area contributed by atoms with Crippen molar-refractivity contribution in [3.05, 3.63) is 75.4 Å². The second kappa shape index (κ2) is 6.45. The van der Waals surface area contributed by atoms with Gasteiger partial charge in [0.2, 0.25) is 0 Å². The molecular weight excluding hydrogens is 375 g/mol. The van der Waals surface area contributed by atoms with E-state index in [1.165, 1.54) is 16.3 Å². The van der Waals surface area contributed by atoms with Gasteiger partial charge in [-0.3, -0.25) is 0 Å². The quantitative estimate of drug-likeness (QED) is 0.664. The van der Waals surface area contributed by atoms with Crippen LogP contribution in [0.1, 0.15) is 11.1 Å². The zero-order chi connectivity index (χ0) is 14.7. The molecule has 0 radical (unpaired) electrons. The minimum Gasteiger partial charge on any atom is -0.488 e. The van der Waals surface area contributed by atoms with Gasteiger partial charge in [-0.05, 0) is 56.6 Å². The number of ether oxygens (including phenoxy) is 1. The van der Waals surface area contributed by atoms with Crippen molar-refractivity contribution in [2.24, 2.45) is 0 Å². The van der Waals surface area contributed by atoms with Crippen LogP contribution in [0.3, 0.4) is 0 Å². The van der Waals surface area contributed by atoms with Gasteiger partial charge in [-0.1, -0.05) is 48.5 Å². The lowest BCUT2D eigenvalue weighted by Crippen LogP contribution is -1.98. The SMILES string of the molecule is OCc1ccc(OCc2cccc3ccccc23)c(I)c1. The summed E-state index contributed by atoms with van der Waals surface area (Å²) in [5.41, 5.74) is 2.08. The summed E-state index contributed by atoms with van der Waals surface area (Å²) in [5.74, 6) is 0.848. The first kappa shape index (κ1) is 14.4. The zero-order valence-electron chi connectivity index (χ0n) is 11.4. The Bertz CT molecular complexity index is 763. The first-order valence-corrected chi connectivity index (χ1v) is 7.84. The molecule has 0 heterocycles. The van der Waals surface area contributed by atoms with E-state index in [1.807, 2.05) is 30.3 Å². The van der Waals surface area contributed by atoms with E-state index in [9.17, 15) is 0 Å². The number of aliphatic hydroxyl groups excluding tert-OH is 1. The van der Waals surface area contributed by atoms with Gasteiger partial charge in [-0.2, -0.15) is 0 Å². The molecule has 0 aliphatic heterocycles. The highest BCUT2D eigenvalue weighted by Gasteiger charge is 2.05. The first-order chi connectivity index (χ1) is 10.3. The maximum atomic E-state index is 9.14. The summed E-state index contributed by atoms with van der Waals surface area (Å²) < 4.78 is 6.95. The molecular formula is C18H15IO2. The van der Waals surface area contributed by atoms with Crippen LogP contribution in [0.4, 0.5) is 0 Å². The predicted molar refractivity (Wildman–Crippen MR) is 93.4 cm³/mol. The molecule has 3 heteroatoms. The van der Waals surface area contributed by atoms with E-state index in [0.29, 0.717) is 6.61 Å². The Labute approximate surface area is 137 Å². The topological polar surface area (TPSA) is 29.5 Å². The second-order valence-electron chi connectivity index (χ2n) is 4.85. The van der Waals surface area contributed by atoms with Gasteiger partial charge < -0.3 is 9.84 Å². The van der Waals surface area contributed by atoms with E-state index >= 15 is 0 Å². The van der Waals surface area contributed by atoms with Crippen LogP contribution in [0.25, 0.3) is 10.8 Å². The zero-order valence-corrected chi connectivity index (χ0v) is 13.6. The molecule has 0 atom stereocenters. The van der Waals surface area contributed by atoms with Gasteiger partial charge in [-0.25, -0.2) is 0 Å². The average molecular weight is 390 g/mol. The Morgan fingerprint density at radius 2 is 1.76 bits per heavy atom. The highest BCUT2D eigenvalue weighted by atomic mass is 127. The van der Waals surface area contributed by atoms with E-state index in [4.69, 9.17) is 9.84 Å². The minimum absolute atomic E-state index is 0.0552. The molecule has 21 heavy (non-hydrogen) atoms. The molecule has 0 saturated heterocycles. The third-order valence-corrected chi connectivity index (χ3v) is 4.28. The molecule has 2 nitrogen and oxygen atoms in total. The van der Waals surface area contributed by atoms with Crippen LogP contribution in [0, 0.1) is 3.57 Å². The molecule has 0 aliphatic carbocycles. The predicted octanol–water partition coefficient (Wildman–Crippen LogP) is 4.52. The van der Waals surface area contributed by atoms with E-state index in [2.05, 4.69) is 52.9 Å². The van der Waals surface area contributed by atoms with Crippen LogP contribution in [0.15, 0.2) is 60.7 Å². The van der Waals surface area contributed by atoms with Crippen LogP contribution in [0.5, 0.6) is 5.75 Å². The van der Waals surface area contributed by atoms with Gasteiger partial charge in [0.05, 0.1) is 10.2 Å². The second-order valence-corrected chi connectivity index (χ2v) is 6.01. The van der Waals surface area contributed by atoms with Gasteiger partial charge >= 0.3 is 0 Å². The van der Waals surface area contributed by atoms with Crippen molar-refractivity contribution >= 4 is 33.4 Å². The molecule has 0 unspecified atom stereocenters. The third-order valence-electron chi connectivity index (χ3n) is 3.44. The van der Waals surface area contributed by atoms with Crippen LogP contribution < -0.4 is 4.74 Å². The third kappa shape index (κ3) is 3.19.